The minimum absolute atomic E-state index is 0.161. The zero-order valence-corrected chi connectivity index (χ0v) is 19.1. The van der Waals surface area contributed by atoms with Crippen molar-refractivity contribution in [2.24, 2.45) is 9.98 Å². The highest BCUT2D eigenvalue weighted by atomic mass is 32.2. The summed E-state index contributed by atoms with van der Waals surface area (Å²) in [6.45, 7) is 1.74. The molecule has 0 radical (unpaired) electrons. The molecule has 0 fully saturated rings. The van der Waals surface area contributed by atoms with Gasteiger partial charge in [-0.2, -0.15) is 0 Å². The second-order valence-electron chi connectivity index (χ2n) is 8.00. The number of fused-ring (bicyclic) bond motifs is 3. The molecule has 8 heteroatoms. The topological polar surface area (TPSA) is 74.1 Å². The second kappa shape index (κ2) is 9.23. The molecule has 0 aliphatic carbocycles. The largest absolute Gasteiger partial charge is 0.325 e. The van der Waals surface area contributed by atoms with Crippen LogP contribution >= 0.6 is 11.8 Å². The van der Waals surface area contributed by atoms with Gasteiger partial charge in [0.1, 0.15) is 17.7 Å². The van der Waals surface area contributed by atoms with Crippen LogP contribution in [0.4, 0.5) is 15.8 Å². The molecule has 0 aromatic heterocycles. The van der Waals surface area contributed by atoms with E-state index in [1.165, 1.54) is 40.9 Å². The third-order valence-corrected chi connectivity index (χ3v) is 6.64. The Bertz CT molecular complexity index is 1310. The van der Waals surface area contributed by atoms with E-state index < -0.39 is 11.3 Å². The minimum Gasteiger partial charge on any atom is -0.325 e. The first-order chi connectivity index (χ1) is 16.5. The molecule has 2 aliphatic heterocycles. The molecule has 1 N–H and O–H groups in total. The van der Waals surface area contributed by atoms with Crippen LogP contribution in [0, 0.1) is 5.82 Å². The SMILES string of the molecule is C[C@@H](SC1=Nc2ccccc2C2=N[C@H](Cc3ccccc3)C(=O)N12)C(=O)Nc1ccc(F)cc1. The summed E-state index contributed by atoms with van der Waals surface area (Å²) < 4.78 is 13.2. The lowest BCUT2D eigenvalue weighted by molar-refractivity contribution is -0.124. The molecule has 0 spiro atoms. The zero-order chi connectivity index (χ0) is 23.7. The van der Waals surface area contributed by atoms with Crippen molar-refractivity contribution in [2.75, 3.05) is 5.32 Å². The highest BCUT2D eigenvalue weighted by Gasteiger charge is 2.42. The van der Waals surface area contributed by atoms with Crippen LogP contribution in [0.1, 0.15) is 18.1 Å². The number of aliphatic imine (C=N–C) groups is 2. The number of halogens is 1. The standard InChI is InChI=1S/C26H21FN4O2S/c1-16(24(32)28-19-13-11-18(27)12-14-19)34-26-30-21-10-6-5-9-20(21)23-29-22(25(33)31(23)26)15-17-7-3-2-4-8-17/h2-14,16,22H,15H2,1H3,(H,28,32)/t16-,22-/m1/s1. The number of benzene rings is 3. The molecule has 5 rings (SSSR count). The van der Waals surface area contributed by atoms with E-state index >= 15 is 0 Å². The molecular formula is C26H21FN4O2S. The molecule has 170 valence electrons. The number of para-hydroxylation sites is 1. The quantitative estimate of drug-likeness (QED) is 0.580. The highest BCUT2D eigenvalue weighted by Crippen LogP contribution is 2.35. The van der Waals surface area contributed by atoms with Crippen LogP contribution in [0.3, 0.4) is 0 Å². The normalized spacial score (nSPS) is 17.4. The van der Waals surface area contributed by atoms with Crippen molar-refractivity contribution in [1.29, 1.82) is 0 Å². The summed E-state index contributed by atoms with van der Waals surface area (Å²) in [7, 11) is 0. The first-order valence-electron chi connectivity index (χ1n) is 10.9. The number of thioether (sulfide) groups is 1. The molecule has 2 atom stereocenters. The van der Waals surface area contributed by atoms with Crippen molar-refractivity contribution in [1.82, 2.24) is 4.90 Å². The van der Waals surface area contributed by atoms with Crippen LogP contribution in [0.5, 0.6) is 0 Å². The fourth-order valence-electron chi connectivity index (χ4n) is 3.84. The average molecular weight is 473 g/mol. The number of carbonyl (C=O) groups excluding carboxylic acids is 2. The zero-order valence-electron chi connectivity index (χ0n) is 18.3. The van der Waals surface area contributed by atoms with Crippen molar-refractivity contribution in [3.05, 3.63) is 95.8 Å². The Morgan fingerprint density at radius 3 is 2.53 bits per heavy atom. The molecule has 0 saturated carbocycles. The van der Waals surface area contributed by atoms with Crippen LogP contribution in [0.15, 0.2) is 88.8 Å². The highest BCUT2D eigenvalue weighted by molar-refractivity contribution is 8.15. The Balaban J connectivity index is 1.39. The van der Waals surface area contributed by atoms with E-state index in [0.29, 0.717) is 28.8 Å². The Morgan fingerprint density at radius 2 is 1.76 bits per heavy atom. The Morgan fingerprint density at radius 1 is 1.06 bits per heavy atom. The van der Waals surface area contributed by atoms with Gasteiger partial charge in [-0.05, 0) is 48.9 Å². The Labute approximate surface area is 200 Å². The number of amides is 2. The fraction of sp³-hybridized carbons (Fsp3) is 0.154. The third kappa shape index (κ3) is 4.36. The molecule has 2 amide bonds. The maximum Gasteiger partial charge on any atom is 0.259 e. The van der Waals surface area contributed by atoms with E-state index in [2.05, 4.69) is 5.32 Å². The number of hydrogen-bond acceptors (Lipinski definition) is 5. The lowest BCUT2D eigenvalue weighted by Crippen LogP contribution is -2.42. The van der Waals surface area contributed by atoms with Gasteiger partial charge in [-0.15, -0.1) is 0 Å². The second-order valence-corrected chi connectivity index (χ2v) is 9.31. The third-order valence-electron chi connectivity index (χ3n) is 5.58. The molecule has 0 saturated heterocycles. The molecule has 3 aromatic rings. The van der Waals surface area contributed by atoms with Crippen molar-refractivity contribution in [3.63, 3.8) is 0 Å². The Kier molecular flexibility index (Phi) is 5.98. The molecule has 3 aromatic carbocycles. The summed E-state index contributed by atoms with van der Waals surface area (Å²) in [5.41, 5.74) is 3.02. The first kappa shape index (κ1) is 22.0. The maximum absolute atomic E-state index is 13.4. The molecule has 34 heavy (non-hydrogen) atoms. The van der Waals surface area contributed by atoms with Crippen LogP contribution in [-0.2, 0) is 16.0 Å². The number of hydrogen-bond donors (Lipinski definition) is 1. The number of anilines is 1. The molecule has 2 aliphatic rings. The molecule has 0 unspecified atom stereocenters. The van der Waals surface area contributed by atoms with Gasteiger partial charge >= 0.3 is 0 Å². The molecule has 6 nitrogen and oxygen atoms in total. The summed E-state index contributed by atoms with van der Waals surface area (Å²) in [6.07, 6.45) is 0.487. The summed E-state index contributed by atoms with van der Waals surface area (Å²) >= 11 is 1.19. The lowest BCUT2D eigenvalue weighted by atomic mass is 10.1. The summed E-state index contributed by atoms with van der Waals surface area (Å²) in [4.78, 5) is 37.2. The van der Waals surface area contributed by atoms with Crippen LogP contribution in [-0.4, -0.2) is 39.0 Å². The van der Waals surface area contributed by atoms with E-state index in [1.807, 2.05) is 54.6 Å². The van der Waals surface area contributed by atoms with Gasteiger partial charge in [-0.25, -0.2) is 14.3 Å². The van der Waals surface area contributed by atoms with Crippen molar-refractivity contribution in [3.8, 4) is 0 Å². The summed E-state index contributed by atoms with van der Waals surface area (Å²) in [5.74, 6) is -0.250. The van der Waals surface area contributed by atoms with Gasteiger partial charge in [0.05, 0.1) is 10.9 Å². The van der Waals surface area contributed by atoms with E-state index in [9.17, 15) is 14.0 Å². The lowest BCUT2D eigenvalue weighted by Gasteiger charge is -2.27. The van der Waals surface area contributed by atoms with Crippen LogP contribution in [0.2, 0.25) is 0 Å². The van der Waals surface area contributed by atoms with Gasteiger partial charge in [-0.3, -0.25) is 14.6 Å². The predicted molar refractivity (Wildman–Crippen MR) is 133 cm³/mol. The molecular weight excluding hydrogens is 451 g/mol. The van der Waals surface area contributed by atoms with E-state index in [1.54, 1.807) is 6.92 Å². The van der Waals surface area contributed by atoms with Gasteiger partial charge in [0.15, 0.2) is 5.17 Å². The predicted octanol–water partition coefficient (Wildman–Crippen LogP) is 4.79. The van der Waals surface area contributed by atoms with Crippen LogP contribution < -0.4 is 5.32 Å². The number of nitrogens with zero attached hydrogens (tertiary/aromatic N) is 3. The Hall–Kier alpha value is -3.78. The summed E-state index contributed by atoms with van der Waals surface area (Å²) in [6, 6.07) is 22.3. The average Bonchev–Trinajstić information content (AvgIpc) is 3.17. The minimum atomic E-state index is -0.559. The van der Waals surface area contributed by atoms with Gasteiger partial charge in [0.25, 0.3) is 5.91 Å². The summed E-state index contributed by atoms with van der Waals surface area (Å²) in [5, 5.41) is 2.63. The van der Waals surface area contributed by atoms with E-state index in [-0.39, 0.29) is 17.6 Å². The smallest absolute Gasteiger partial charge is 0.259 e. The first-order valence-corrected chi connectivity index (χ1v) is 11.7. The molecule has 0 bridgehead atoms. The number of nitrogens with one attached hydrogen (secondary N) is 1. The monoisotopic (exact) mass is 472 g/mol. The van der Waals surface area contributed by atoms with Crippen molar-refractivity contribution >= 4 is 46.0 Å². The van der Waals surface area contributed by atoms with Crippen molar-refractivity contribution < 1.29 is 14.0 Å². The van der Waals surface area contributed by atoms with Gasteiger partial charge in [0.2, 0.25) is 5.91 Å². The van der Waals surface area contributed by atoms with Gasteiger partial charge < -0.3 is 5.32 Å². The van der Waals surface area contributed by atoms with Gasteiger partial charge in [0, 0.05) is 17.7 Å². The number of amidine groups is 2. The van der Waals surface area contributed by atoms with Gasteiger partial charge in [-0.1, -0.05) is 54.2 Å². The number of carbonyl (C=O) groups is 2. The molecule has 2 heterocycles. The van der Waals surface area contributed by atoms with E-state index in [0.717, 1.165) is 11.1 Å². The maximum atomic E-state index is 13.4. The van der Waals surface area contributed by atoms with E-state index in [4.69, 9.17) is 9.98 Å². The van der Waals surface area contributed by atoms with Crippen LogP contribution in [0.25, 0.3) is 0 Å². The van der Waals surface area contributed by atoms with Crippen molar-refractivity contribution in [2.45, 2.75) is 24.6 Å². The fourth-order valence-corrected chi connectivity index (χ4v) is 4.76. The number of rotatable bonds is 5.